The number of rotatable bonds is 2. The maximum Gasteiger partial charge on any atom is 0.119 e. The summed E-state index contributed by atoms with van der Waals surface area (Å²) in [7, 11) is 0. The van der Waals surface area contributed by atoms with Gasteiger partial charge >= 0.3 is 0 Å². The Morgan fingerprint density at radius 1 is 0.760 bits per heavy atom. The first-order valence-corrected chi connectivity index (χ1v) is 9.44. The van der Waals surface area contributed by atoms with Crippen LogP contribution in [0.4, 0.5) is 0 Å². The average molecular weight is 456 g/mol. The number of hydrogen-bond acceptors (Lipinski definition) is 2. The molecule has 4 nitrogen and oxygen atoms in total. The fraction of sp³-hybridized carbons (Fsp3) is 0.0526. The van der Waals surface area contributed by atoms with Crippen LogP contribution in [0.25, 0.3) is 32.8 Å². The lowest BCUT2D eigenvalue weighted by molar-refractivity contribution is 0.568. The van der Waals surface area contributed by atoms with Crippen molar-refractivity contribution in [3.8, 4) is 0 Å². The van der Waals surface area contributed by atoms with Gasteiger partial charge in [0.25, 0.3) is 0 Å². The standard InChI is InChI=1S/C19H12Br2N4/c20-12-5-7-17-14(9-12)15-10-13(21)6-8-18(15)24(17)11-25-19-4-2-1-3-16(19)22-23-25/h1-10H,11H2. The predicted octanol–water partition coefficient (Wildman–Crippen LogP) is 5.57. The Morgan fingerprint density at radius 2 is 1.40 bits per heavy atom. The Balaban J connectivity index is 1.79. The molecule has 122 valence electrons. The van der Waals surface area contributed by atoms with Crippen LogP contribution < -0.4 is 0 Å². The molecule has 0 atom stereocenters. The molecule has 0 bridgehead atoms. The number of nitrogens with zero attached hydrogens (tertiary/aromatic N) is 4. The van der Waals surface area contributed by atoms with E-state index in [1.807, 2.05) is 22.9 Å². The van der Waals surface area contributed by atoms with Crippen LogP contribution in [0, 0.1) is 0 Å². The smallest absolute Gasteiger partial charge is 0.119 e. The second-order valence-electron chi connectivity index (χ2n) is 5.97. The Morgan fingerprint density at radius 3 is 2.08 bits per heavy atom. The molecule has 0 fully saturated rings. The highest BCUT2D eigenvalue weighted by Gasteiger charge is 2.13. The molecule has 0 aliphatic rings. The molecule has 0 amide bonds. The van der Waals surface area contributed by atoms with Gasteiger partial charge in [-0.2, -0.15) is 0 Å². The van der Waals surface area contributed by atoms with Gasteiger partial charge in [-0.15, -0.1) is 5.10 Å². The first kappa shape index (κ1) is 15.1. The van der Waals surface area contributed by atoms with Gasteiger partial charge in [-0.25, -0.2) is 4.68 Å². The molecule has 5 rings (SSSR count). The molecule has 25 heavy (non-hydrogen) atoms. The Kier molecular flexibility index (Phi) is 3.43. The van der Waals surface area contributed by atoms with E-state index >= 15 is 0 Å². The van der Waals surface area contributed by atoms with E-state index < -0.39 is 0 Å². The maximum absolute atomic E-state index is 4.35. The fourth-order valence-electron chi connectivity index (χ4n) is 3.36. The van der Waals surface area contributed by atoms with Crippen molar-refractivity contribution in [3.63, 3.8) is 0 Å². The zero-order valence-electron chi connectivity index (χ0n) is 13.0. The summed E-state index contributed by atoms with van der Waals surface area (Å²) in [5.41, 5.74) is 4.30. The van der Waals surface area contributed by atoms with E-state index in [0.717, 1.165) is 20.0 Å². The lowest BCUT2D eigenvalue weighted by Gasteiger charge is -2.08. The van der Waals surface area contributed by atoms with Gasteiger partial charge in [0.1, 0.15) is 12.2 Å². The highest BCUT2D eigenvalue weighted by atomic mass is 79.9. The predicted molar refractivity (Wildman–Crippen MR) is 108 cm³/mol. The number of aromatic nitrogens is 4. The van der Waals surface area contributed by atoms with E-state index in [1.165, 1.54) is 21.8 Å². The second kappa shape index (κ2) is 5.68. The topological polar surface area (TPSA) is 35.6 Å². The first-order valence-electron chi connectivity index (χ1n) is 7.86. The van der Waals surface area contributed by atoms with Crippen molar-refractivity contribution in [2.24, 2.45) is 0 Å². The summed E-state index contributed by atoms with van der Waals surface area (Å²) in [6.45, 7) is 0.615. The molecule has 0 N–H and O–H groups in total. The number of fused-ring (bicyclic) bond motifs is 4. The molecule has 6 heteroatoms. The summed E-state index contributed by atoms with van der Waals surface area (Å²) in [5.74, 6) is 0. The van der Waals surface area contributed by atoms with Crippen LogP contribution in [0.2, 0.25) is 0 Å². The summed E-state index contributed by atoms with van der Waals surface area (Å²) in [4.78, 5) is 0. The van der Waals surface area contributed by atoms with E-state index in [4.69, 9.17) is 0 Å². The third-order valence-electron chi connectivity index (χ3n) is 4.48. The van der Waals surface area contributed by atoms with E-state index in [2.05, 4.69) is 89.2 Å². The number of benzene rings is 3. The molecule has 0 aliphatic carbocycles. The second-order valence-corrected chi connectivity index (χ2v) is 7.80. The fourth-order valence-corrected chi connectivity index (χ4v) is 4.08. The van der Waals surface area contributed by atoms with E-state index in [-0.39, 0.29) is 0 Å². The molecular weight excluding hydrogens is 444 g/mol. The molecule has 2 aromatic heterocycles. The summed E-state index contributed by atoms with van der Waals surface area (Å²) in [6.07, 6.45) is 0. The molecule has 2 heterocycles. The molecule has 0 saturated carbocycles. The van der Waals surface area contributed by atoms with Crippen LogP contribution in [0.3, 0.4) is 0 Å². The quantitative estimate of drug-likeness (QED) is 0.348. The Labute approximate surface area is 160 Å². The largest absolute Gasteiger partial charge is 0.320 e. The van der Waals surface area contributed by atoms with Gasteiger partial charge in [0.15, 0.2) is 0 Å². The van der Waals surface area contributed by atoms with Crippen molar-refractivity contribution in [2.75, 3.05) is 0 Å². The van der Waals surface area contributed by atoms with Crippen molar-refractivity contribution < 1.29 is 0 Å². The zero-order chi connectivity index (χ0) is 17.0. The minimum Gasteiger partial charge on any atom is -0.320 e. The van der Waals surface area contributed by atoms with Crippen LogP contribution >= 0.6 is 31.9 Å². The summed E-state index contributed by atoms with van der Waals surface area (Å²) >= 11 is 7.18. The minimum absolute atomic E-state index is 0.615. The average Bonchev–Trinajstić information content (AvgIpc) is 3.15. The van der Waals surface area contributed by atoms with E-state index in [1.54, 1.807) is 0 Å². The monoisotopic (exact) mass is 454 g/mol. The summed E-state index contributed by atoms with van der Waals surface area (Å²) in [5, 5.41) is 11.1. The molecule has 5 aromatic rings. The highest BCUT2D eigenvalue weighted by Crippen LogP contribution is 2.33. The molecular formula is C19H12Br2N4. The zero-order valence-corrected chi connectivity index (χ0v) is 16.2. The Hall–Kier alpha value is -2.18. The molecule has 0 spiro atoms. The van der Waals surface area contributed by atoms with Gasteiger partial charge in [-0.3, -0.25) is 0 Å². The summed E-state index contributed by atoms with van der Waals surface area (Å²) < 4.78 is 6.37. The first-order chi connectivity index (χ1) is 12.2. The van der Waals surface area contributed by atoms with Crippen LogP contribution in [-0.4, -0.2) is 19.6 Å². The number of para-hydroxylation sites is 1. The van der Waals surface area contributed by atoms with Gasteiger partial charge in [-0.05, 0) is 48.5 Å². The third kappa shape index (κ3) is 2.40. The third-order valence-corrected chi connectivity index (χ3v) is 5.47. The van der Waals surface area contributed by atoms with Crippen molar-refractivity contribution in [3.05, 3.63) is 69.6 Å². The number of halogens is 2. The maximum atomic E-state index is 4.35. The van der Waals surface area contributed by atoms with Crippen molar-refractivity contribution in [1.82, 2.24) is 19.6 Å². The molecule has 0 saturated heterocycles. The van der Waals surface area contributed by atoms with Crippen LogP contribution in [0.1, 0.15) is 0 Å². The van der Waals surface area contributed by atoms with Crippen LogP contribution in [0.15, 0.2) is 69.6 Å². The molecule has 0 aliphatic heterocycles. The van der Waals surface area contributed by atoms with Crippen LogP contribution in [-0.2, 0) is 6.67 Å². The van der Waals surface area contributed by atoms with E-state index in [9.17, 15) is 0 Å². The summed E-state index contributed by atoms with van der Waals surface area (Å²) in [6, 6.07) is 20.8. The van der Waals surface area contributed by atoms with Crippen molar-refractivity contribution in [2.45, 2.75) is 6.67 Å². The van der Waals surface area contributed by atoms with Crippen LogP contribution in [0.5, 0.6) is 0 Å². The number of hydrogen-bond donors (Lipinski definition) is 0. The van der Waals surface area contributed by atoms with Crippen molar-refractivity contribution in [1.29, 1.82) is 0 Å². The lowest BCUT2D eigenvalue weighted by atomic mass is 10.2. The van der Waals surface area contributed by atoms with Gasteiger partial charge in [0.05, 0.1) is 16.6 Å². The van der Waals surface area contributed by atoms with Gasteiger partial charge in [0, 0.05) is 19.7 Å². The molecule has 0 radical (unpaired) electrons. The van der Waals surface area contributed by atoms with Gasteiger partial charge in [0.2, 0.25) is 0 Å². The van der Waals surface area contributed by atoms with Gasteiger partial charge in [-0.1, -0.05) is 49.2 Å². The lowest BCUT2D eigenvalue weighted by Crippen LogP contribution is -2.09. The highest BCUT2D eigenvalue weighted by molar-refractivity contribution is 9.10. The molecule has 0 unspecified atom stereocenters. The Bertz CT molecular complexity index is 1190. The SMILES string of the molecule is Brc1ccc2c(c1)c1cc(Br)ccc1n2Cn1nnc2ccccc21. The van der Waals surface area contributed by atoms with E-state index in [0.29, 0.717) is 6.67 Å². The van der Waals surface area contributed by atoms with Crippen molar-refractivity contribution >= 4 is 64.7 Å². The normalized spacial score (nSPS) is 11.8. The molecule has 3 aromatic carbocycles. The minimum atomic E-state index is 0.615. The van der Waals surface area contributed by atoms with Gasteiger partial charge < -0.3 is 4.57 Å².